The number of hydrogen-bond donors (Lipinski definition) is 3. The molecule has 0 spiro atoms. The molecule has 4 fully saturated rings. The summed E-state index contributed by atoms with van der Waals surface area (Å²) in [6.45, 7) is 6.45. The molecule has 1 unspecified atom stereocenters. The van der Waals surface area contributed by atoms with Crippen LogP contribution >= 0.6 is 0 Å². The van der Waals surface area contributed by atoms with Crippen LogP contribution in [0.1, 0.15) is 96.6 Å². The van der Waals surface area contributed by atoms with E-state index < -0.39 is 47.8 Å². The lowest BCUT2D eigenvalue weighted by Gasteiger charge is -2.63. The van der Waals surface area contributed by atoms with Gasteiger partial charge in [0.25, 0.3) is 5.92 Å². The Bertz CT molecular complexity index is 1080. The molecule has 0 heterocycles. The summed E-state index contributed by atoms with van der Waals surface area (Å²) < 4.78 is 73.7. The zero-order chi connectivity index (χ0) is 30.0. The van der Waals surface area contributed by atoms with Crippen LogP contribution in [-0.2, 0) is 0 Å². The second-order valence-electron chi connectivity index (χ2n) is 14.2. The summed E-state index contributed by atoms with van der Waals surface area (Å²) in [5.41, 5.74) is -0.228. The summed E-state index contributed by atoms with van der Waals surface area (Å²) in [7, 11) is 0. The normalized spacial score (nSPS) is 41.6. The van der Waals surface area contributed by atoms with Crippen molar-refractivity contribution in [3.8, 4) is 5.75 Å². The Labute approximate surface area is 239 Å². The third kappa shape index (κ3) is 5.64. The topological polar surface area (TPSA) is 69.9 Å². The number of hydrogen-bond acceptors (Lipinski definition) is 4. The Morgan fingerprint density at radius 3 is 2.34 bits per heavy atom. The maximum absolute atomic E-state index is 16.0. The number of aliphatic hydroxyl groups excluding tert-OH is 3. The van der Waals surface area contributed by atoms with Crippen molar-refractivity contribution in [3.05, 3.63) is 29.8 Å². The monoisotopic (exact) mass is 588 g/mol. The molecule has 232 valence electrons. The molecular formula is C32H45F5O4. The van der Waals surface area contributed by atoms with Crippen LogP contribution in [0.15, 0.2) is 24.3 Å². The second kappa shape index (κ2) is 10.9. The van der Waals surface area contributed by atoms with E-state index in [9.17, 15) is 28.5 Å². The molecule has 0 aliphatic heterocycles. The molecule has 3 N–H and O–H groups in total. The molecular weight excluding hydrogens is 543 g/mol. The molecule has 1 aromatic rings. The minimum absolute atomic E-state index is 0.0903. The number of benzene rings is 1. The van der Waals surface area contributed by atoms with E-state index in [0.29, 0.717) is 37.7 Å². The first-order valence-electron chi connectivity index (χ1n) is 15.3. The lowest BCUT2D eigenvalue weighted by atomic mass is 9.43. The van der Waals surface area contributed by atoms with Gasteiger partial charge in [0.2, 0.25) is 0 Å². The average Bonchev–Trinajstić information content (AvgIpc) is 3.24. The van der Waals surface area contributed by atoms with Gasteiger partial charge in [0.1, 0.15) is 5.75 Å². The second-order valence-corrected chi connectivity index (χ2v) is 14.2. The van der Waals surface area contributed by atoms with Crippen molar-refractivity contribution in [1.82, 2.24) is 0 Å². The van der Waals surface area contributed by atoms with Crippen LogP contribution in [0.25, 0.3) is 0 Å². The third-order valence-corrected chi connectivity index (χ3v) is 12.1. The zero-order valence-electron chi connectivity index (χ0n) is 24.2. The Balaban J connectivity index is 1.23. The van der Waals surface area contributed by atoms with Gasteiger partial charge >= 0.3 is 6.36 Å². The van der Waals surface area contributed by atoms with E-state index in [2.05, 4.69) is 25.5 Å². The smallest absolute Gasteiger partial charge is 0.406 e. The lowest BCUT2D eigenvalue weighted by molar-refractivity contribution is -0.274. The van der Waals surface area contributed by atoms with E-state index in [1.807, 2.05) is 0 Å². The van der Waals surface area contributed by atoms with E-state index in [4.69, 9.17) is 0 Å². The van der Waals surface area contributed by atoms with Crippen LogP contribution in [0, 0.1) is 46.3 Å². The molecule has 4 nitrogen and oxygen atoms in total. The van der Waals surface area contributed by atoms with Gasteiger partial charge in [-0.3, -0.25) is 0 Å². The minimum Gasteiger partial charge on any atom is -0.406 e. The van der Waals surface area contributed by atoms with Crippen molar-refractivity contribution in [2.45, 2.75) is 116 Å². The molecule has 5 rings (SSSR count). The van der Waals surface area contributed by atoms with Crippen LogP contribution in [0.3, 0.4) is 0 Å². The minimum atomic E-state index is -4.80. The Morgan fingerprint density at radius 1 is 0.951 bits per heavy atom. The zero-order valence-corrected chi connectivity index (χ0v) is 24.2. The fourth-order valence-electron chi connectivity index (χ4n) is 10.1. The molecule has 11 atom stereocenters. The van der Waals surface area contributed by atoms with Gasteiger partial charge in [0.05, 0.1) is 18.3 Å². The highest BCUT2D eigenvalue weighted by molar-refractivity contribution is 5.30. The Morgan fingerprint density at radius 2 is 1.63 bits per heavy atom. The molecule has 0 bridgehead atoms. The van der Waals surface area contributed by atoms with Crippen molar-refractivity contribution in [2.75, 3.05) is 0 Å². The maximum atomic E-state index is 16.0. The molecule has 0 radical (unpaired) electrons. The highest BCUT2D eigenvalue weighted by atomic mass is 19.4. The first-order valence-corrected chi connectivity index (χ1v) is 15.3. The van der Waals surface area contributed by atoms with Crippen molar-refractivity contribution in [2.24, 2.45) is 46.3 Å². The fourth-order valence-corrected chi connectivity index (χ4v) is 10.1. The molecule has 4 aliphatic rings. The predicted molar refractivity (Wildman–Crippen MR) is 144 cm³/mol. The van der Waals surface area contributed by atoms with E-state index >= 15 is 8.78 Å². The molecule has 4 aliphatic carbocycles. The van der Waals surface area contributed by atoms with Gasteiger partial charge < -0.3 is 20.1 Å². The molecule has 1 aromatic carbocycles. The Hall–Kier alpha value is -1.45. The third-order valence-electron chi connectivity index (χ3n) is 12.1. The average molecular weight is 589 g/mol. The van der Waals surface area contributed by atoms with E-state index in [0.717, 1.165) is 25.7 Å². The summed E-state index contributed by atoms with van der Waals surface area (Å²) in [5.74, 6) is -4.25. The molecule has 0 saturated heterocycles. The van der Waals surface area contributed by atoms with Gasteiger partial charge in [0, 0.05) is 12.3 Å². The number of halogens is 5. The summed E-state index contributed by atoms with van der Waals surface area (Å²) in [5, 5.41) is 31.6. The van der Waals surface area contributed by atoms with E-state index in [-0.39, 0.29) is 41.3 Å². The van der Waals surface area contributed by atoms with Gasteiger partial charge in [-0.25, -0.2) is 8.78 Å². The Kier molecular flexibility index (Phi) is 8.25. The van der Waals surface area contributed by atoms with Crippen molar-refractivity contribution in [1.29, 1.82) is 0 Å². The molecule has 0 aromatic heterocycles. The largest absolute Gasteiger partial charge is 0.573 e. The number of rotatable bonds is 7. The van der Waals surface area contributed by atoms with E-state index in [1.54, 1.807) is 6.07 Å². The van der Waals surface area contributed by atoms with Crippen LogP contribution in [0.2, 0.25) is 0 Å². The van der Waals surface area contributed by atoms with Gasteiger partial charge in [-0.2, -0.15) is 0 Å². The molecule has 41 heavy (non-hydrogen) atoms. The summed E-state index contributed by atoms with van der Waals surface area (Å²) in [4.78, 5) is 0. The summed E-state index contributed by atoms with van der Waals surface area (Å²) in [6, 6.07) is 5.43. The quantitative estimate of drug-likeness (QED) is 0.286. The first kappa shape index (κ1) is 31.0. The van der Waals surface area contributed by atoms with Gasteiger partial charge in [0.15, 0.2) is 0 Å². The van der Waals surface area contributed by atoms with Crippen molar-refractivity contribution >= 4 is 0 Å². The van der Waals surface area contributed by atoms with Crippen LogP contribution in [0.4, 0.5) is 22.0 Å². The van der Waals surface area contributed by atoms with Crippen LogP contribution in [0.5, 0.6) is 5.75 Å². The maximum Gasteiger partial charge on any atom is 0.573 e. The van der Waals surface area contributed by atoms with Crippen molar-refractivity contribution < 1.29 is 42.0 Å². The van der Waals surface area contributed by atoms with Gasteiger partial charge in [-0.05, 0) is 103 Å². The standard InChI is InChI=1S/C32H45F5O4/c1-18(6-4-9-25(38)19-7-5-8-20(16-19)41-32(35,36)37)21-10-11-22-27-23(12-14-29(21,22)2)30(3)15-13-26(39)28(40)24(30)17-31(27,33)34/h5,7-8,16,18,21-28,38-40H,4,6,9-15,17H2,1-3H3/t18-,21-,22+,23+,24+,25?,26+,27+,28-,29-,30-/m1/s1. The first-order chi connectivity index (χ1) is 19.1. The number of ether oxygens (including phenoxy) is 1. The summed E-state index contributed by atoms with van der Waals surface area (Å²) in [6.07, 6.45) is -1.86. The highest BCUT2D eigenvalue weighted by Gasteiger charge is 2.69. The fraction of sp³-hybridized carbons (Fsp3) is 0.812. The number of alkyl halides is 5. The van der Waals surface area contributed by atoms with E-state index in [1.165, 1.54) is 18.2 Å². The van der Waals surface area contributed by atoms with Crippen LogP contribution < -0.4 is 4.74 Å². The SMILES string of the molecule is C[C@H](CCCC(O)c1cccc(OC(F)(F)F)c1)[C@H]1CC[C@H]2[C@H]3[C@H](CC[C@]12C)[C@@]1(C)CC[C@H](O)[C@H](O)[C@@H]1CC3(F)F. The van der Waals surface area contributed by atoms with Crippen LogP contribution in [-0.4, -0.2) is 39.8 Å². The predicted octanol–water partition coefficient (Wildman–Crippen LogP) is 7.66. The number of aliphatic hydroxyl groups is 3. The molecule has 9 heteroatoms. The van der Waals surface area contributed by atoms with Crippen molar-refractivity contribution in [3.63, 3.8) is 0 Å². The highest BCUT2D eigenvalue weighted by Crippen LogP contribution is 2.71. The molecule has 0 amide bonds. The number of fused-ring (bicyclic) bond motifs is 5. The van der Waals surface area contributed by atoms with Gasteiger partial charge in [-0.1, -0.05) is 45.7 Å². The van der Waals surface area contributed by atoms with Gasteiger partial charge in [-0.15, -0.1) is 13.2 Å². The molecule has 4 saturated carbocycles. The lowest BCUT2D eigenvalue weighted by Crippen LogP contribution is -2.64. The summed E-state index contributed by atoms with van der Waals surface area (Å²) >= 11 is 0.